The van der Waals surface area contributed by atoms with Gasteiger partial charge in [-0.1, -0.05) is 0 Å². The Balaban J connectivity index is 1.47. The highest BCUT2D eigenvalue weighted by Gasteiger charge is 2.41. The van der Waals surface area contributed by atoms with Crippen LogP contribution in [0.1, 0.15) is 67.9 Å². The molecule has 3 unspecified atom stereocenters. The van der Waals surface area contributed by atoms with Crippen LogP contribution in [0.15, 0.2) is 30.5 Å². The summed E-state index contributed by atoms with van der Waals surface area (Å²) in [6, 6.07) is 7.34. The Kier molecular flexibility index (Phi) is 5.86. The van der Waals surface area contributed by atoms with E-state index in [9.17, 15) is 14.4 Å². The number of aryl methyl sites for hydroxylation is 2. The summed E-state index contributed by atoms with van der Waals surface area (Å²) in [5.41, 5.74) is 13.6. The SMILES string of the molecule is Cc1cc(C(=O)NC2CC3CCCN(c4ccc(C(N)=O)cn4)C3C2)c(C)cc1C(N)=O. The summed E-state index contributed by atoms with van der Waals surface area (Å²) < 4.78 is 0. The Hall–Kier alpha value is -3.42. The van der Waals surface area contributed by atoms with Crippen LogP contribution in [-0.2, 0) is 0 Å². The number of nitrogens with zero attached hydrogens (tertiary/aromatic N) is 2. The van der Waals surface area contributed by atoms with Gasteiger partial charge in [0.2, 0.25) is 11.8 Å². The van der Waals surface area contributed by atoms with Gasteiger partial charge in [-0.3, -0.25) is 14.4 Å². The van der Waals surface area contributed by atoms with Crippen LogP contribution >= 0.6 is 0 Å². The number of rotatable bonds is 5. The zero-order valence-electron chi connectivity index (χ0n) is 18.4. The molecule has 1 aromatic carbocycles. The van der Waals surface area contributed by atoms with Gasteiger partial charge in [0.05, 0.1) is 5.56 Å². The Labute approximate surface area is 187 Å². The maximum Gasteiger partial charge on any atom is 0.251 e. The van der Waals surface area contributed by atoms with Crippen molar-refractivity contribution >= 4 is 23.5 Å². The first-order chi connectivity index (χ1) is 15.2. The normalized spacial score (nSPS) is 22.3. The van der Waals surface area contributed by atoms with E-state index >= 15 is 0 Å². The number of anilines is 1. The third kappa shape index (κ3) is 4.17. The van der Waals surface area contributed by atoms with Gasteiger partial charge in [-0.2, -0.15) is 0 Å². The van der Waals surface area contributed by atoms with E-state index in [1.165, 1.54) is 6.20 Å². The van der Waals surface area contributed by atoms with Gasteiger partial charge in [-0.05, 0) is 80.8 Å². The predicted molar refractivity (Wildman–Crippen MR) is 122 cm³/mol. The summed E-state index contributed by atoms with van der Waals surface area (Å²) in [7, 11) is 0. The summed E-state index contributed by atoms with van der Waals surface area (Å²) in [4.78, 5) is 42.7. The number of pyridine rings is 1. The monoisotopic (exact) mass is 435 g/mol. The zero-order valence-corrected chi connectivity index (χ0v) is 18.4. The van der Waals surface area contributed by atoms with Gasteiger partial charge in [-0.25, -0.2) is 4.98 Å². The third-order valence-corrected chi connectivity index (χ3v) is 6.78. The molecule has 0 bridgehead atoms. The highest BCUT2D eigenvalue weighted by Crippen LogP contribution is 2.39. The highest BCUT2D eigenvalue weighted by molar-refractivity contribution is 5.99. The summed E-state index contributed by atoms with van der Waals surface area (Å²) in [6.07, 6.45) is 5.47. The van der Waals surface area contributed by atoms with Crippen LogP contribution < -0.4 is 21.7 Å². The molecule has 8 heteroatoms. The smallest absolute Gasteiger partial charge is 0.251 e. The van der Waals surface area contributed by atoms with E-state index in [0.717, 1.165) is 43.6 Å². The summed E-state index contributed by atoms with van der Waals surface area (Å²) >= 11 is 0. The molecule has 2 heterocycles. The lowest BCUT2D eigenvalue weighted by Crippen LogP contribution is -2.43. The van der Waals surface area contributed by atoms with E-state index in [0.29, 0.717) is 34.2 Å². The number of piperidine rings is 1. The van der Waals surface area contributed by atoms with Crippen molar-refractivity contribution in [3.05, 3.63) is 58.3 Å². The van der Waals surface area contributed by atoms with E-state index in [-0.39, 0.29) is 11.9 Å². The van der Waals surface area contributed by atoms with Gasteiger partial charge in [0, 0.05) is 36.0 Å². The second-order valence-corrected chi connectivity index (χ2v) is 8.92. The second kappa shape index (κ2) is 8.61. The van der Waals surface area contributed by atoms with Crippen LogP contribution in [0.2, 0.25) is 0 Å². The molecule has 2 aromatic rings. The van der Waals surface area contributed by atoms with Gasteiger partial charge in [0.25, 0.3) is 5.91 Å². The van der Waals surface area contributed by atoms with Gasteiger partial charge in [-0.15, -0.1) is 0 Å². The van der Waals surface area contributed by atoms with Gasteiger partial charge in [0.1, 0.15) is 5.82 Å². The van der Waals surface area contributed by atoms with E-state index in [1.807, 2.05) is 13.0 Å². The first-order valence-corrected chi connectivity index (χ1v) is 11.0. The maximum absolute atomic E-state index is 13.0. The lowest BCUT2D eigenvalue weighted by atomic mass is 9.92. The number of hydrogen-bond acceptors (Lipinski definition) is 5. The Bertz CT molecular complexity index is 1070. The maximum atomic E-state index is 13.0. The molecule has 1 aromatic heterocycles. The summed E-state index contributed by atoms with van der Waals surface area (Å²) in [5, 5.41) is 3.20. The number of hydrogen-bond donors (Lipinski definition) is 3. The van der Waals surface area contributed by atoms with E-state index in [4.69, 9.17) is 11.5 Å². The Morgan fingerprint density at radius 2 is 1.75 bits per heavy atom. The number of amides is 3. The minimum absolute atomic E-state index is 0.0681. The number of nitrogens with one attached hydrogen (secondary N) is 1. The first kappa shape index (κ1) is 21.8. The topological polar surface area (TPSA) is 131 Å². The van der Waals surface area contributed by atoms with Crippen LogP contribution in [0.4, 0.5) is 5.82 Å². The molecular formula is C24H29N5O3. The summed E-state index contributed by atoms with van der Waals surface area (Å²) in [5.74, 6) is 0.214. The van der Waals surface area contributed by atoms with Crippen LogP contribution in [-0.4, -0.2) is 41.3 Å². The molecule has 2 fully saturated rings. The molecule has 32 heavy (non-hydrogen) atoms. The Morgan fingerprint density at radius 3 is 2.41 bits per heavy atom. The highest BCUT2D eigenvalue weighted by atomic mass is 16.2. The molecule has 1 aliphatic carbocycles. The fraction of sp³-hybridized carbons (Fsp3) is 0.417. The molecule has 0 spiro atoms. The molecule has 8 nitrogen and oxygen atoms in total. The molecule has 4 rings (SSSR count). The first-order valence-electron chi connectivity index (χ1n) is 11.0. The fourth-order valence-electron chi connectivity index (χ4n) is 5.18. The van der Waals surface area contributed by atoms with Gasteiger partial charge in [0.15, 0.2) is 0 Å². The van der Waals surface area contributed by atoms with Crippen molar-refractivity contribution in [1.82, 2.24) is 10.3 Å². The van der Waals surface area contributed by atoms with Crippen molar-refractivity contribution in [2.24, 2.45) is 17.4 Å². The van der Waals surface area contributed by atoms with Crippen molar-refractivity contribution in [2.75, 3.05) is 11.4 Å². The number of benzene rings is 1. The lowest BCUT2D eigenvalue weighted by Gasteiger charge is -2.38. The van der Waals surface area contributed by atoms with Crippen molar-refractivity contribution in [3.63, 3.8) is 0 Å². The Morgan fingerprint density at radius 1 is 1.03 bits per heavy atom. The van der Waals surface area contributed by atoms with Gasteiger partial charge < -0.3 is 21.7 Å². The molecule has 0 radical (unpaired) electrons. The van der Waals surface area contributed by atoms with Gasteiger partial charge >= 0.3 is 0 Å². The van der Waals surface area contributed by atoms with E-state index in [2.05, 4.69) is 15.2 Å². The predicted octanol–water partition coefficient (Wildman–Crippen LogP) is 2.07. The van der Waals surface area contributed by atoms with Crippen LogP contribution in [0.25, 0.3) is 0 Å². The minimum atomic E-state index is -0.491. The number of carbonyl (C=O) groups is 3. The van der Waals surface area contributed by atoms with Crippen molar-refractivity contribution in [3.8, 4) is 0 Å². The molecule has 2 aliphatic rings. The number of nitrogens with two attached hydrogens (primary N) is 2. The summed E-state index contributed by atoms with van der Waals surface area (Å²) in [6.45, 7) is 4.50. The number of carbonyl (C=O) groups excluding carboxylic acids is 3. The largest absolute Gasteiger partial charge is 0.366 e. The van der Waals surface area contributed by atoms with Crippen molar-refractivity contribution in [2.45, 2.75) is 51.6 Å². The second-order valence-electron chi connectivity index (χ2n) is 8.92. The molecule has 1 saturated carbocycles. The van der Waals surface area contributed by atoms with Crippen LogP contribution in [0.5, 0.6) is 0 Å². The molecule has 3 amide bonds. The quantitative estimate of drug-likeness (QED) is 0.662. The molecule has 168 valence electrons. The average Bonchev–Trinajstić information content (AvgIpc) is 3.17. The molecule has 5 N–H and O–H groups in total. The van der Waals surface area contributed by atoms with Crippen LogP contribution in [0, 0.1) is 19.8 Å². The van der Waals surface area contributed by atoms with Crippen LogP contribution in [0.3, 0.4) is 0 Å². The lowest BCUT2D eigenvalue weighted by molar-refractivity contribution is 0.0933. The molecule has 3 atom stereocenters. The average molecular weight is 436 g/mol. The standard InChI is InChI=1S/C24H29N5O3/c1-13-9-19(14(2)8-18(13)23(26)31)24(32)28-17-10-15-4-3-7-29(20(15)11-17)21-6-5-16(12-27-21)22(25)30/h5-6,8-9,12,15,17,20H,3-4,7,10-11H2,1-2H3,(H2,25,30)(H2,26,31)(H,28,32). The minimum Gasteiger partial charge on any atom is -0.366 e. The fourth-order valence-corrected chi connectivity index (χ4v) is 5.18. The van der Waals surface area contributed by atoms with Crippen molar-refractivity contribution < 1.29 is 14.4 Å². The number of fused-ring (bicyclic) bond motifs is 1. The number of aromatic nitrogens is 1. The zero-order chi connectivity index (χ0) is 23.0. The third-order valence-electron chi connectivity index (χ3n) is 6.78. The van der Waals surface area contributed by atoms with E-state index < -0.39 is 11.8 Å². The van der Waals surface area contributed by atoms with Crippen molar-refractivity contribution in [1.29, 1.82) is 0 Å². The molecule has 1 saturated heterocycles. The molecule has 1 aliphatic heterocycles. The number of primary amides is 2. The molecular weight excluding hydrogens is 406 g/mol. The van der Waals surface area contributed by atoms with E-state index in [1.54, 1.807) is 25.1 Å².